The maximum atomic E-state index is 13.1. The van der Waals surface area contributed by atoms with Crippen LogP contribution >= 0.6 is 0 Å². The minimum absolute atomic E-state index is 0.112. The van der Waals surface area contributed by atoms with Crippen molar-refractivity contribution in [2.45, 2.75) is 18.3 Å². The van der Waals surface area contributed by atoms with Crippen molar-refractivity contribution in [1.82, 2.24) is 4.90 Å². The van der Waals surface area contributed by atoms with Gasteiger partial charge < -0.3 is 9.90 Å². The van der Waals surface area contributed by atoms with E-state index in [1.807, 2.05) is 48.5 Å². The predicted molar refractivity (Wildman–Crippen MR) is 89.9 cm³/mol. The summed E-state index contributed by atoms with van der Waals surface area (Å²) >= 11 is 0. The van der Waals surface area contributed by atoms with Crippen LogP contribution in [0.2, 0.25) is 0 Å². The predicted octanol–water partition coefficient (Wildman–Crippen LogP) is 1.02. The highest BCUT2D eigenvalue weighted by Crippen LogP contribution is 2.60. The van der Waals surface area contributed by atoms with Gasteiger partial charge in [0.05, 0.1) is 11.8 Å². The molecule has 5 nitrogen and oxygen atoms in total. The zero-order valence-corrected chi connectivity index (χ0v) is 13.9. The number of benzene rings is 2. The summed E-state index contributed by atoms with van der Waals surface area (Å²) in [6, 6.07) is 16.0. The van der Waals surface area contributed by atoms with Crippen LogP contribution in [-0.2, 0) is 14.4 Å². The Balaban J connectivity index is 1.67. The van der Waals surface area contributed by atoms with Crippen molar-refractivity contribution < 1.29 is 19.5 Å². The van der Waals surface area contributed by atoms with Crippen LogP contribution in [0.25, 0.3) is 0 Å². The summed E-state index contributed by atoms with van der Waals surface area (Å²) in [4.78, 5) is 38.1. The second kappa shape index (κ2) is 5.27. The molecular weight excluding hydrogens is 330 g/mol. The maximum absolute atomic E-state index is 13.1. The van der Waals surface area contributed by atoms with Gasteiger partial charge in [-0.1, -0.05) is 48.5 Å². The molecule has 2 atom stereocenters. The molecule has 0 saturated carbocycles. The standard InChI is InChI=1S/C21H17NO4/c23-15(24)9-10-22-20(25)18-16-11-5-1-2-6-12(11)17(19(18)21(22)26)14-8-4-3-7-13(14)16/h1-8,16-19H,9-10H2,(H,23,24)/p-1/t16?,17?,18-,19+. The molecular formula is C21H16NO4-. The van der Waals surface area contributed by atoms with Gasteiger partial charge in [-0.25, -0.2) is 0 Å². The van der Waals surface area contributed by atoms with Crippen LogP contribution in [0.4, 0.5) is 0 Å². The van der Waals surface area contributed by atoms with Crippen LogP contribution in [0.5, 0.6) is 0 Å². The number of carbonyl (C=O) groups is 3. The Morgan fingerprint density at radius 1 is 0.808 bits per heavy atom. The van der Waals surface area contributed by atoms with Crippen molar-refractivity contribution in [3.63, 3.8) is 0 Å². The van der Waals surface area contributed by atoms with E-state index in [0.717, 1.165) is 27.2 Å². The van der Waals surface area contributed by atoms with Gasteiger partial charge in [0.25, 0.3) is 0 Å². The first-order chi connectivity index (χ1) is 12.6. The first kappa shape index (κ1) is 15.3. The molecule has 0 unspecified atom stereocenters. The minimum Gasteiger partial charge on any atom is -0.550 e. The third kappa shape index (κ3) is 1.83. The monoisotopic (exact) mass is 346 g/mol. The fourth-order valence-electron chi connectivity index (χ4n) is 5.16. The summed E-state index contributed by atoms with van der Waals surface area (Å²) in [5.74, 6) is -2.95. The van der Waals surface area contributed by atoms with Crippen molar-refractivity contribution >= 4 is 17.8 Å². The smallest absolute Gasteiger partial charge is 0.234 e. The number of imide groups is 1. The van der Waals surface area contributed by atoms with Gasteiger partial charge >= 0.3 is 0 Å². The van der Waals surface area contributed by atoms with Crippen molar-refractivity contribution in [1.29, 1.82) is 0 Å². The lowest BCUT2D eigenvalue weighted by atomic mass is 9.55. The quantitative estimate of drug-likeness (QED) is 0.778. The average Bonchev–Trinajstić information content (AvgIpc) is 2.91. The molecule has 2 bridgehead atoms. The van der Waals surface area contributed by atoms with E-state index in [2.05, 4.69) is 0 Å². The number of rotatable bonds is 3. The molecule has 4 aliphatic rings. The first-order valence-corrected chi connectivity index (χ1v) is 8.82. The second-order valence-corrected chi connectivity index (χ2v) is 7.21. The molecule has 3 aliphatic carbocycles. The lowest BCUT2D eigenvalue weighted by molar-refractivity contribution is -0.305. The Kier molecular flexibility index (Phi) is 3.11. The number of amides is 2. The van der Waals surface area contributed by atoms with Gasteiger partial charge in [-0.2, -0.15) is 0 Å². The van der Waals surface area contributed by atoms with E-state index in [0.29, 0.717) is 0 Å². The van der Waals surface area contributed by atoms with E-state index in [1.54, 1.807) is 0 Å². The van der Waals surface area contributed by atoms with E-state index >= 15 is 0 Å². The Labute approximate surface area is 150 Å². The third-order valence-electron chi connectivity index (χ3n) is 6.08. The molecule has 1 fully saturated rings. The third-order valence-corrected chi connectivity index (χ3v) is 6.08. The first-order valence-electron chi connectivity index (χ1n) is 8.82. The normalized spacial score (nSPS) is 27.9. The zero-order chi connectivity index (χ0) is 18.0. The van der Waals surface area contributed by atoms with Gasteiger partial charge in [-0.05, 0) is 22.3 Å². The summed E-state index contributed by atoms with van der Waals surface area (Å²) < 4.78 is 0. The molecule has 1 saturated heterocycles. The Hall–Kier alpha value is -2.95. The number of aliphatic carboxylic acids is 1. The summed E-state index contributed by atoms with van der Waals surface area (Å²) in [6.07, 6.45) is -0.327. The van der Waals surface area contributed by atoms with Crippen LogP contribution < -0.4 is 5.11 Å². The molecule has 2 aromatic carbocycles. The van der Waals surface area contributed by atoms with Crippen molar-refractivity contribution in [2.24, 2.45) is 11.8 Å². The van der Waals surface area contributed by atoms with E-state index in [4.69, 9.17) is 0 Å². The fourth-order valence-corrected chi connectivity index (χ4v) is 5.16. The molecule has 130 valence electrons. The SMILES string of the molecule is O=C([O-])CCN1C(=O)[C@@H]2C3c4ccccc4C(c4ccccc43)[C@@H]2C1=O. The maximum Gasteiger partial charge on any atom is 0.234 e. The number of carboxylic acids is 1. The van der Waals surface area contributed by atoms with Crippen LogP contribution in [0, 0.1) is 11.8 Å². The van der Waals surface area contributed by atoms with Gasteiger partial charge in [0.15, 0.2) is 0 Å². The molecule has 2 amide bonds. The molecule has 2 aromatic rings. The van der Waals surface area contributed by atoms with Gasteiger partial charge in [-0.3, -0.25) is 14.5 Å². The Bertz CT molecular complexity index is 850. The average molecular weight is 346 g/mol. The Morgan fingerprint density at radius 3 is 1.54 bits per heavy atom. The van der Waals surface area contributed by atoms with Crippen molar-refractivity contribution in [3.8, 4) is 0 Å². The molecule has 6 rings (SSSR count). The zero-order valence-electron chi connectivity index (χ0n) is 13.9. The number of likely N-dealkylation sites (tertiary alicyclic amines) is 1. The van der Waals surface area contributed by atoms with Gasteiger partial charge in [-0.15, -0.1) is 0 Å². The second-order valence-electron chi connectivity index (χ2n) is 7.21. The molecule has 0 aromatic heterocycles. The largest absolute Gasteiger partial charge is 0.550 e. The van der Waals surface area contributed by atoms with Crippen molar-refractivity contribution in [3.05, 3.63) is 70.8 Å². The lowest BCUT2D eigenvalue weighted by Gasteiger charge is -2.45. The van der Waals surface area contributed by atoms with Gasteiger partial charge in [0.1, 0.15) is 0 Å². The number of nitrogens with zero attached hydrogens (tertiary/aromatic N) is 1. The number of hydrogen-bond donors (Lipinski definition) is 0. The molecule has 5 heteroatoms. The number of hydrogen-bond acceptors (Lipinski definition) is 4. The highest BCUT2D eigenvalue weighted by molar-refractivity contribution is 6.07. The summed E-state index contributed by atoms with van der Waals surface area (Å²) in [5.41, 5.74) is 4.45. The van der Waals surface area contributed by atoms with Crippen LogP contribution in [0.3, 0.4) is 0 Å². The summed E-state index contributed by atoms with van der Waals surface area (Å²) in [6.45, 7) is -0.112. The molecule has 26 heavy (non-hydrogen) atoms. The summed E-state index contributed by atoms with van der Waals surface area (Å²) in [5, 5.41) is 10.8. The molecule has 1 heterocycles. The minimum atomic E-state index is -1.25. The van der Waals surface area contributed by atoms with E-state index in [1.165, 1.54) is 0 Å². The van der Waals surface area contributed by atoms with Crippen LogP contribution in [-0.4, -0.2) is 29.2 Å². The highest BCUT2D eigenvalue weighted by atomic mass is 16.4. The molecule has 0 N–H and O–H groups in total. The summed E-state index contributed by atoms with van der Waals surface area (Å²) in [7, 11) is 0. The number of carbonyl (C=O) groups excluding carboxylic acids is 3. The number of carboxylic acid groups (broad SMARTS) is 1. The van der Waals surface area contributed by atoms with Gasteiger partial charge in [0, 0.05) is 30.8 Å². The van der Waals surface area contributed by atoms with E-state index in [-0.39, 0.29) is 36.6 Å². The lowest BCUT2D eigenvalue weighted by Crippen LogP contribution is -2.41. The fraction of sp³-hybridized carbons (Fsp3) is 0.286. The topological polar surface area (TPSA) is 77.5 Å². The van der Waals surface area contributed by atoms with Crippen molar-refractivity contribution in [2.75, 3.05) is 6.54 Å². The van der Waals surface area contributed by atoms with Crippen LogP contribution in [0.15, 0.2) is 48.5 Å². The van der Waals surface area contributed by atoms with Gasteiger partial charge in [0.2, 0.25) is 11.8 Å². The molecule has 1 aliphatic heterocycles. The van der Waals surface area contributed by atoms with E-state index < -0.39 is 17.8 Å². The molecule has 0 spiro atoms. The molecule has 0 radical (unpaired) electrons. The highest BCUT2D eigenvalue weighted by Gasteiger charge is 2.61. The van der Waals surface area contributed by atoms with Crippen LogP contribution in [0.1, 0.15) is 40.5 Å². The Morgan fingerprint density at radius 2 is 1.19 bits per heavy atom. The van der Waals surface area contributed by atoms with E-state index in [9.17, 15) is 19.5 Å².